The van der Waals surface area contributed by atoms with Crippen LogP contribution >= 0.6 is 11.6 Å². The molecule has 0 N–H and O–H groups in total. The monoisotopic (exact) mass is 554 g/mol. The number of benzene rings is 3. The fourth-order valence-corrected chi connectivity index (χ4v) is 5.77. The summed E-state index contributed by atoms with van der Waals surface area (Å²) in [6.07, 6.45) is 5.22. The Morgan fingerprint density at radius 1 is 0.825 bits per heavy atom. The van der Waals surface area contributed by atoms with Crippen molar-refractivity contribution in [1.82, 2.24) is 9.55 Å². The number of fused-ring (bicyclic) bond motifs is 1. The maximum Gasteiger partial charge on any atom is 0.143 e. The van der Waals surface area contributed by atoms with Crippen molar-refractivity contribution in [3.63, 3.8) is 0 Å². The molecule has 204 valence electrons. The Bertz CT molecular complexity index is 1520. The standard InChI is InChI=1S/C33H31ClN2O4/c1-37-26-12-8-24(9-13-26)33(23-6-4-3-5-7-23,25-10-14-27(38-2)15-11-25)39-22-28-16-17-31(40-28)36-21-19-29-30(34)18-20-35-32(29)36/h3-15,18-21,28,31H,16-17,22H2,1-2H3. The molecule has 0 aliphatic carbocycles. The molecule has 0 radical (unpaired) electrons. The molecule has 1 fully saturated rings. The highest BCUT2D eigenvalue weighted by Crippen LogP contribution is 2.43. The van der Waals surface area contributed by atoms with Gasteiger partial charge in [0.15, 0.2) is 0 Å². The lowest BCUT2D eigenvalue weighted by Gasteiger charge is -2.37. The third kappa shape index (κ3) is 4.83. The van der Waals surface area contributed by atoms with Crippen LogP contribution in [0.5, 0.6) is 11.5 Å². The van der Waals surface area contributed by atoms with Crippen molar-refractivity contribution in [1.29, 1.82) is 0 Å². The van der Waals surface area contributed by atoms with Gasteiger partial charge in [0.2, 0.25) is 0 Å². The van der Waals surface area contributed by atoms with Crippen molar-refractivity contribution in [3.05, 3.63) is 125 Å². The van der Waals surface area contributed by atoms with Crippen LogP contribution in [0.15, 0.2) is 103 Å². The first kappa shape index (κ1) is 26.4. The third-order valence-electron chi connectivity index (χ3n) is 7.62. The molecule has 2 atom stereocenters. The van der Waals surface area contributed by atoms with Gasteiger partial charge in [-0.1, -0.05) is 66.2 Å². The van der Waals surface area contributed by atoms with Gasteiger partial charge in [0, 0.05) is 17.8 Å². The molecular weight excluding hydrogens is 524 g/mol. The predicted molar refractivity (Wildman–Crippen MR) is 156 cm³/mol. The number of hydrogen-bond acceptors (Lipinski definition) is 5. The molecule has 0 saturated carbocycles. The fourth-order valence-electron chi connectivity index (χ4n) is 5.56. The van der Waals surface area contributed by atoms with E-state index in [1.54, 1.807) is 20.4 Å². The molecule has 0 spiro atoms. The summed E-state index contributed by atoms with van der Waals surface area (Å²) < 4.78 is 26.6. The molecule has 0 bridgehead atoms. The third-order valence-corrected chi connectivity index (χ3v) is 7.95. The molecule has 40 heavy (non-hydrogen) atoms. The topological polar surface area (TPSA) is 54.7 Å². The van der Waals surface area contributed by atoms with E-state index in [2.05, 4.69) is 45.9 Å². The van der Waals surface area contributed by atoms with Crippen molar-refractivity contribution in [2.24, 2.45) is 0 Å². The van der Waals surface area contributed by atoms with E-state index in [1.165, 1.54) is 0 Å². The molecule has 6 rings (SSSR count). The molecule has 2 unspecified atom stereocenters. The number of aromatic nitrogens is 2. The Morgan fingerprint density at radius 3 is 2.08 bits per heavy atom. The maximum atomic E-state index is 7.04. The van der Waals surface area contributed by atoms with E-state index in [-0.39, 0.29) is 12.3 Å². The van der Waals surface area contributed by atoms with Gasteiger partial charge in [-0.15, -0.1) is 0 Å². The summed E-state index contributed by atoms with van der Waals surface area (Å²) in [5.41, 5.74) is 2.96. The van der Waals surface area contributed by atoms with Crippen LogP contribution in [0.3, 0.4) is 0 Å². The average molecular weight is 555 g/mol. The van der Waals surface area contributed by atoms with Gasteiger partial charge in [0.1, 0.15) is 29.0 Å². The first-order valence-electron chi connectivity index (χ1n) is 13.4. The van der Waals surface area contributed by atoms with E-state index >= 15 is 0 Å². The van der Waals surface area contributed by atoms with E-state index in [0.29, 0.717) is 11.6 Å². The summed E-state index contributed by atoms with van der Waals surface area (Å²) in [7, 11) is 3.34. The number of hydrogen-bond donors (Lipinski definition) is 0. The maximum absolute atomic E-state index is 7.04. The van der Waals surface area contributed by atoms with Crippen LogP contribution < -0.4 is 9.47 Å². The van der Waals surface area contributed by atoms with Crippen LogP contribution in [-0.2, 0) is 15.1 Å². The minimum Gasteiger partial charge on any atom is -0.497 e. The first-order chi connectivity index (χ1) is 19.6. The van der Waals surface area contributed by atoms with Crippen molar-refractivity contribution in [2.75, 3.05) is 20.8 Å². The fraction of sp³-hybridized carbons (Fsp3) is 0.242. The van der Waals surface area contributed by atoms with Crippen LogP contribution in [-0.4, -0.2) is 36.5 Å². The number of rotatable bonds is 9. The molecule has 7 heteroatoms. The lowest BCUT2D eigenvalue weighted by atomic mass is 9.80. The molecule has 1 aliphatic heterocycles. The quantitative estimate of drug-likeness (QED) is 0.178. The van der Waals surface area contributed by atoms with Crippen LogP contribution in [0.4, 0.5) is 0 Å². The molecule has 3 heterocycles. The van der Waals surface area contributed by atoms with Crippen LogP contribution in [0.1, 0.15) is 35.8 Å². The average Bonchev–Trinajstić information content (AvgIpc) is 3.67. The highest BCUT2D eigenvalue weighted by Gasteiger charge is 2.39. The van der Waals surface area contributed by atoms with E-state index in [1.807, 2.05) is 60.8 Å². The second-order valence-corrected chi connectivity index (χ2v) is 10.3. The summed E-state index contributed by atoms with van der Waals surface area (Å²) in [6.45, 7) is 0.400. The van der Waals surface area contributed by atoms with E-state index in [4.69, 9.17) is 30.5 Å². The highest BCUT2D eigenvalue weighted by atomic mass is 35.5. The Balaban J connectivity index is 1.34. The number of halogens is 1. The SMILES string of the molecule is COc1ccc(C(OCC2CCC(n3ccc4c(Cl)ccnc43)O2)(c2ccccc2)c2ccc(OC)cc2)cc1. The van der Waals surface area contributed by atoms with E-state index in [9.17, 15) is 0 Å². The molecule has 2 aromatic heterocycles. The number of nitrogens with zero attached hydrogens (tertiary/aromatic N) is 2. The van der Waals surface area contributed by atoms with Crippen LogP contribution in [0.2, 0.25) is 5.02 Å². The zero-order valence-electron chi connectivity index (χ0n) is 22.5. The second-order valence-electron chi connectivity index (χ2n) is 9.86. The summed E-state index contributed by atoms with van der Waals surface area (Å²) in [4.78, 5) is 4.55. The zero-order chi connectivity index (χ0) is 27.5. The van der Waals surface area contributed by atoms with Gasteiger partial charge in [0.25, 0.3) is 0 Å². The zero-order valence-corrected chi connectivity index (χ0v) is 23.3. The highest BCUT2D eigenvalue weighted by molar-refractivity contribution is 6.35. The lowest BCUT2D eigenvalue weighted by molar-refractivity contribution is -0.0755. The van der Waals surface area contributed by atoms with Crippen molar-refractivity contribution < 1.29 is 18.9 Å². The van der Waals surface area contributed by atoms with Gasteiger partial charge >= 0.3 is 0 Å². The second kappa shape index (κ2) is 11.3. The predicted octanol–water partition coefficient (Wildman–Crippen LogP) is 7.39. The lowest BCUT2D eigenvalue weighted by Crippen LogP contribution is -2.35. The van der Waals surface area contributed by atoms with Gasteiger partial charge in [0.05, 0.1) is 32.0 Å². The Kier molecular flexibility index (Phi) is 7.48. The molecular formula is C33H31ClN2O4. The van der Waals surface area contributed by atoms with Crippen molar-refractivity contribution in [2.45, 2.75) is 30.8 Å². The van der Waals surface area contributed by atoms with Gasteiger partial charge in [-0.05, 0) is 65.9 Å². The Morgan fingerprint density at radius 2 is 1.45 bits per heavy atom. The van der Waals surface area contributed by atoms with Gasteiger partial charge in [-0.2, -0.15) is 0 Å². The number of pyridine rings is 1. The normalized spacial score (nSPS) is 17.3. The van der Waals surface area contributed by atoms with Crippen LogP contribution in [0.25, 0.3) is 11.0 Å². The van der Waals surface area contributed by atoms with E-state index in [0.717, 1.165) is 52.1 Å². The summed E-state index contributed by atoms with van der Waals surface area (Å²) >= 11 is 6.39. The molecule has 1 saturated heterocycles. The molecule has 6 nitrogen and oxygen atoms in total. The largest absolute Gasteiger partial charge is 0.497 e. The van der Waals surface area contributed by atoms with Gasteiger partial charge in [-0.25, -0.2) is 4.98 Å². The van der Waals surface area contributed by atoms with Crippen LogP contribution in [0, 0.1) is 0 Å². The Labute approximate surface area is 239 Å². The number of ether oxygens (including phenoxy) is 4. The molecule has 5 aromatic rings. The van der Waals surface area contributed by atoms with E-state index < -0.39 is 5.60 Å². The first-order valence-corrected chi connectivity index (χ1v) is 13.7. The summed E-state index contributed by atoms with van der Waals surface area (Å²) in [5, 5.41) is 1.61. The molecule has 1 aliphatic rings. The smallest absolute Gasteiger partial charge is 0.143 e. The minimum absolute atomic E-state index is 0.0961. The molecule has 3 aromatic carbocycles. The van der Waals surface area contributed by atoms with Crippen molar-refractivity contribution in [3.8, 4) is 11.5 Å². The van der Waals surface area contributed by atoms with Crippen molar-refractivity contribution >= 4 is 22.6 Å². The number of methoxy groups -OCH3 is 2. The Hall–Kier alpha value is -3.84. The summed E-state index contributed by atoms with van der Waals surface area (Å²) in [6, 6.07) is 30.2. The molecule has 0 amide bonds. The summed E-state index contributed by atoms with van der Waals surface area (Å²) in [5.74, 6) is 1.57. The van der Waals surface area contributed by atoms with Gasteiger partial charge < -0.3 is 23.5 Å². The minimum atomic E-state index is -0.878. The van der Waals surface area contributed by atoms with Gasteiger partial charge in [-0.3, -0.25) is 0 Å².